The Morgan fingerprint density at radius 3 is 1.86 bits per heavy atom. The third kappa shape index (κ3) is 4.09. The molecular weight excluding hydrogens is 117 g/mol. The number of ether oxygens (including phenoxy) is 1. The van der Waals surface area contributed by atoms with E-state index in [-0.39, 0.29) is 51.4 Å². The first-order chi connectivity index (χ1) is 3.00. The third-order valence-corrected chi connectivity index (χ3v) is 0.787. The molecule has 0 saturated carbocycles. The zero-order valence-electron chi connectivity index (χ0n) is 4.68. The van der Waals surface area contributed by atoms with Gasteiger partial charge in [0.2, 0.25) is 0 Å². The van der Waals surface area contributed by atoms with E-state index in [9.17, 15) is 0 Å². The molecule has 0 N–H and O–H groups in total. The minimum Gasteiger partial charge on any atom is -0.659 e. The first kappa shape index (κ1) is 8.56. The molecule has 0 amide bonds. The predicted octanol–water partition coefficient (Wildman–Crippen LogP) is -2.61. The molecule has 1 aliphatic heterocycles. The van der Waals surface area contributed by atoms with Gasteiger partial charge in [0.25, 0.3) is 0 Å². The van der Waals surface area contributed by atoms with Crippen LogP contribution in [0.3, 0.4) is 0 Å². The molecule has 0 aliphatic carbocycles. The largest absolute Gasteiger partial charge is 1.00 e. The van der Waals surface area contributed by atoms with E-state index in [2.05, 4.69) is 5.32 Å². The number of nitrogens with zero attached hydrogens (tertiary/aromatic N) is 1. The Balaban J connectivity index is 0.000000360. The average Bonchev–Trinajstić information content (AvgIpc) is 1.72. The van der Waals surface area contributed by atoms with Crippen LogP contribution in [0.2, 0.25) is 0 Å². The van der Waals surface area contributed by atoms with E-state index in [1.807, 2.05) is 0 Å². The molecule has 0 unspecified atom stereocenters. The van der Waals surface area contributed by atoms with Crippen molar-refractivity contribution >= 4 is 0 Å². The summed E-state index contributed by atoms with van der Waals surface area (Å²) in [5.41, 5.74) is 0. The van der Waals surface area contributed by atoms with Crippen molar-refractivity contribution in [2.75, 3.05) is 26.3 Å². The van der Waals surface area contributed by atoms with Crippen LogP contribution in [-0.4, -0.2) is 26.3 Å². The second-order valence-corrected chi connectivity index (χ2v) is 1.28. The van der Waals surface area contributed by atoms with E-state index >= 15 is 0 Å². The van der Waals surface area contributed by atoms with Gasteiger partial charge < -0.3 is 10.1 Å². The average molecular weight is 125 g/mol. The maximum Gasteiger partial charge on any atom is 1.00 e. The number of hydrogen-bond acceptors (Lipinski definition) is 1. The van der Waals surface area contributed by atoms with Crippen molar-refractivity contribution < 1.29 is 56.1 Å². The Morgan fingerprint density at radius 2 is 1.71 bits per heavy atom. The molecule has 0 spiro atoms. The molecule has 36 valence electrons. The third-order valence-electron chi connectivity index (χ3n) is 0.787. The molecule has 1 rings (SSSR count). The van der Waals surface area contributed by atoms with Crippen LogP contribution >= 0.6 is 0 Å². The number of hydrogen-bond donors (Lipinski definition) is 0. The Bertz CT molecular complexity index is 27.2. The van der Waals surface area contributed by atoms with E-state index in [1.165, 1.54) is 0 Å². The molecule has 1 heterocycles. The van der Waals surface area contributed by atoms with Gasteiger partial charge in [0.1, 0.15) is 0 Å². The van der Waals surface area contributed by atoms with Crippen molar-refractivity contribution in [3.8, 4) is 0 Å². The van der Waals surface area contributed by atoms with Crippen LogP contribution in [0.25, 0.3) is 5.32 Å². The first-order valence-corrected chi connectivity index (χ1v) is 2.21. The van der Waals surface area contributed by atoms with E-state index in [1.54, 1.807) is 0 Å². The van der Waals surface area contributed by atoms with Gasteiger partial charge in [0.05, 0.1) is 0 Å². The summed E-state index contributed by atoms with van der Waals surface area (Å²) in [5.74, 6) is 0. The van der Waals surface area contributed by atoms with Gasteiger partial charge in [0, 0.05) is 13.2 Å². The molecule has 0 atom stereocenters. The summed E-state index contributed by atoms with van der Waals surface area (Å²) in [6.45, 7) is 3.47. The Morgan fingerprint density at radius 1 is 1.14 bits per heavy atom. The second kappa shape index (κ2) is 5.69. The Labute approximate surface area is 86.4 Å². The van der Waals surface area contributed by atoms with Gasteiger partial charge in [-0.25, -0.2) is 0 Å². The standard InChI is InChI=1S/C4H8NO.K/c1-3-6-4-2-5-1;/h1-4H2;/q-1;+1. The first-order valence-electron chi connectivity index (χ1n) is 2.21. The Kier molecular flexibility index (Phi) is 6.95. The van der Waals surface area contributed by atoms with E-state index in [0.717, 1.165) is 26.3 Å². The minimum atomic E-state index is 0. The monoisotopic (exact) mass is 125 g/mol. The summed E-state index contributed by atoms with van der Waals surface area (Å²) in [7, 11) is 0. The van der Waals surface area contributed by atoms with E-state index in [4.69, 9.17) is 4.74 Å². The van der Waals surface area contributed by atoms with Crippen LogP contribution in [0.1, 0.15) is 0 Å². The van der Waals surface area contributed by atoms with Gasteiger partial charge in [-0.05, 0) is 0 Å². The van der Waals surface area contributed by atoms with Crippen LogP contribution in [0.4, 0.5) is 0 Å². The molecular formula is C4H8KNO. The maximum absolute atomic E-state index is 4.98. The van der Waals surface area contributed by atoms with Gasteiger partial charge in [-0.2, -0.15) is 0 Å². The van der Waals surface area contributed by atoms with Gasteiger partial charge in [-0.1, -0.05) is 0 Å². The van der Waals surface area contributed by atoms with Gasteiger partial charge >= 0.3 is 51.4 Å². The summed E-state index contributed by atoms with van der Waals surface area (Å²) in [5, 5.41) is 4.05. The van der Waals surface area contributed by atoms with Crippen molar-refractivity contribution in [1.29, 1.82) is 0 Å². The van der Waals surface area contributed by atoms with Crippen LogP contribution < -0.4 is 51.4 Å². The maximum atomic E-state index is 4.98. The van der Waals surface area contributed by atoms with Crippen LogP contribution in [0.15, 0.2) is 0 Å². The second-order valence-electron chi connectivity index (χ2n) is 1.28. The van der Waals surface area contributed by atoms with Gasteiger partial charge in [-0.15, -0.1) is 13.1 Å². The van der Waals surface area contributed by atoms with Gasteiger partial charge in [0.15, 0.2) is 0 Å². The fourth-order valence-corrected chi connectivity index (χ4v) is 0.472. The number of morpholine rings is 1. The van der Waals surface area contributed by atoms with Crippen LogP contribution in [-0.2, 0) is 4.74 Å². The Hall–Kier alpha value is 1.56. The topological polar surface area (TPSA) is 23.3 Å². The summed E-state index contributed by atoms with van der Waals surface area (Å²) < 4.78 is 4.98. The molecule has 2 nitrogen and oxygen atoms in total. The molecule has 1 saturated heterocycles. The molecule has 0 aromatic heterocycles. The minimum absolute atomic E-state index is 0. The molecule has 7 heavy (non-hydrogen) atoms. The fourth-order valence-electron chi connectivity index (χ4n) is 0.472. The molecule has 1 fully saturated rings. The molecule has 0 bridgehead atoms. The van der Waals surface area contributed by atoms with Crippen molar-refractivity contribution in [3.63, 3.8) is 0 Å². The summed E-state index contributed by atoms with van der Waals surface area (Å²) in [6, 6.07) is 0. The van der Waals surface area contributed by atoms with Crippen LogP contribution in [0.5, 0.6) is 0 Å². The predicted molar refractivity (Wildman–Crippen MR) is 23.9 cm³/mol. The van der Waals surface area contributed by atoms with Crippen molar-refractivity contribution in [3.05, 3.63) is 5.32 Å². The SMILES string of the molecule is C1COCC[N-]1.[K+]. The molecule has 0 aromatic carbocycles. The van der Waals surface area contributed by atoms with Crippen LogP contribution in [0, 0.1) is 0 Å². The smallest absolute Gasteiger partial charge is 0.659 e. The van der Waals surface area contributed by atoms with Crippen molar-refractivity contribution in [1.82, 2.24) is 0 Å². The van der Waals surface area contributed by atoms with E-state index < -0.39 is 0 Å². The molecule has 0 aromatic rings. The quantitative estimate of drug-likeness (QED) is 0.325. The van der Waals surface area contributed by atoms with Crippen molar-refractivity contribution in [2.45, 2.75) is 0 Å². The fraction of sp³-hybridized carbons (Fsp3) is 1.00. The van der Waals surface area contributed by atoms with Crippen molar-refractivity contribution in [2.24, 2.45) is 0 Å². The zero-order chi connectivity index (χ0) is 4.24. The molecule has 1 aliphatic rings. The summed E-state index contributed by atoms with van der Waals surface area (Å²) in [4.78, 5) is 0. The molecule has 0 radical (unpaired) electrons. The number of rotatable bonds is 0. The normalized spacial score (nSPS) is 20.6. The zero-order valence-corrected chi connectivity index (χ0v) is 7.81. The van der Waals surface area contributed by atoms with E-state index in [0.29, 0.717) is 0 Å². The van der Waals surface area contributed by atoms with Gasteiger partial charge in [-0.3, -0.25) is 0 Å². The summed E-state index contributed by atoms with van der Waals surface area (Å²) >= 11 is 0. The molecule has 3 heteroatoms. The summed E-state index contributed by atoms with van der Waals surface area (Å²) in [6.07, 6.45) is 0.